The van der Waals surface area contributed by atoms with Gasteiger partial charge in [0.05, 0.1) is 30.4 Å². The first-order valence-electron chi connectivity index (χ1n) is 11.9. The van der Waals surface area contributed by atoms with E-state index in [1.807, 2.05) is 61.5 Å². The number of nitrogens with zero attached hydrogens (tertiary/aromatic N) is 3. The molecule has 0 N–H and O–H groups in total. The summed E-state index contributed by atoms with van der Waals surface area (Å²) in [5.74, 6) is 0.676. The largest absolute Gasteiger partial charge is 0.493 e. The molecule has 0 aromatic heterocycles. The Balaban J connectivity index is 1.42. The number of carbonyl (C=O) groups excluding carboxylic acids is 2. The summed E-state index contributed by atoms with van der Waals surface area (Å²) in [6, 6.07) is 19.1. The number of likely N-dealkylation sites (N-methyl/N-ethyl adjacent to an activating group) is 1. The van der Waals surface area contributed by atoms with Gasteiger partial charge in [-0.1, -0.05) is 36.4 Å². The van der Waals surface area contributed by atoms with E-state index in [2.05, 4.69) is 0 Å². The number of amidine groups is 1. The second-order valence-electron chi connectivity index (χ2n) is 8.46. The molecule has 8 heteroatoms. The van der Waals surface area contributed by atoms with Gasteiger partial charge in [0, 0.05) is 31.1 Å². The van der Waals surface area contributed by atoms with Crippen LogP contribution in [0.4, 0.5) is 5.69 Å². The Kier molecular flexibility index (Phi) is 7.06. The van der Waals surface area contributed by atoms with Crippen LogP contribution in [0.1, 0.15) is 22.8 Å². The van der Waals surface area contributed by atoms with Gasteiger partial charge < -0.3 is 14.4 Å². The highest BCUT2D eigenvalue weighted by Gasteiger charge is 2.30. The van der Waals surface area contributed by atoms with Crippen molar-refractivity contribution in [1.82, 2.24) is 9.80 Å². The highest BCUT2D eigenvalue weighted by molar-refractivity contribution is 8.18. The van der Waals surface area contributed by atoms with Crippen LogP contribution in [0.25, 0.3) is 16.8 Å². The van der Waals surface area contributed by atoms with E-state index in [1.165, 1.54) is 11.8 Å². The third-order valence-electron chi connectivity index (χ3n) is 6.12. The number of carbonyl (C=O) groups is 2. The van der Waals surface area contributed by atoms with Crippen molar-refractivity contribution < 1.29 is 19.1 Å². The van der Waals surface area contributed by atoms with Crippen LogP contribution in [-0.2, 0) is 9.53 Å². The van der Waals surface area contributed by atoms with E-state index in [1.54, 1.807) is 29.0 Å². The minimum absolute atomic E-state index is 0.0354. The monoisotopic (exact) mass is 501 g/mol. The Labute approximate surface area is 214 Å². The molecule has 5 rings (SSSR count). The summed E-state index contributed by atoms with van der Waals surface area (Å²) in [4.78, 5) is 34.5. The summed E-state index contributed by atoms with van der Waals surface area (Å²) in [6.07, 6.45) is 1.91. The lowest BCUT2D eigenvalue weighted by Crippen LogP contribution is -2.40. The summed E-state index contributed by atoms with van der Waals surface area (Å²) in [5.41, 5.74) is 2.15. The number of morpholine rings is 1. The maximum Gasteiger partial charge on any atom is 0.266 e. The van der Waals surface area contributed by atoms with Crippen molar-refractivity contribution in [1.29, 1.82) is 0 Å². The zero-order valence-electron chi connectivity index (χ0n) is 20.3. The van der Waals surface area contributed by atoms with Crippen LogP contribution in [0.2, 0.25) is 0 Å². The molecular weight excluding hydrogens is 474 g/mol. The Morgan fingerprint density at radius 3 is 2.64 bits per heavy atom. The van der Waals surface area contributed by atoms with E-state index in [-0.39, 0.29) is 11.8 Å². The summed E-state index contributed by atoms with van der Waals surface area (Å²) in [6.45, 7) is 4.82. The molecule has 0 spiro atoms. The fourth-order valence-corrected chi connectivity index (χ4v) is 5.24. The molecule has 0 radical (unpaired) electrons. The maximum atomic E-state index is 13.1. The van der Waals surface area contributed by atoms with Crippen molar-refractivity contribution in [2.24, 2.45) is 4.99 Å². The molecule has 0 bridgehead atoms. The van der Waals surface area contributed by atoms with Crippen molar-refractivity contribution in [2.75, 3.05) is 40.0 Å². The number of thioether (sulfide) groups is 1. The molecular formula is C28H27N3O4S. The SMILES string of the molecule is CCOc1ccc(/C=C2/SC(=Nc3cccc(C(=O)N4CCOCC4)c3)N(C)C2=O)c2ccccc12. The topological polar surface area (TPSA) is 71.4 Å². The van der Waals surface area contributed by atoms with Crippen LogP contribution in [0.3, 0.4) is 0 Å². The molecule has 0 atom stereocenters. The number of hydrogen-bond donors (Lipinski definition) is 0. The van der Waals surface area contributed by atoms with Crippen LogP contribution in [0.15, 0.2) is 70.6 Å². The number of aliphatic imine (C=N–C) groups is 1. The van der Waals surface area contributed by atoms with Gasteiger partial charge in [0.2, 0.25) is 0 Å². The van der Waals surface area contributed by atoms with E-state index in [0.29, 0.717) is 54.2 Å². The molecule has 0 saturated carbocycles. The number of hydrogen-bond acceptors (Lipinski definition) is 6. The van der Waals surface area contributed by atoms with Crippen molar-refractivity contribution in [3.05, 3.63) is 76.7 Å². The first-order chi connectivity index (χ1) is 17.5. The van der Waals surface area contributed by atoms with Crippen LogP contribution in [0, 0.1) is 0 Å². The van der Waals surface area contributed by atoms with E-state index in [0.717, 1.165) is 22.1 Å². The van der Waals surface area contributed by atoms with E-state index in [4.69, 9.17) is 14.5 Å². The van der Waals surface area contributed by atoms with Gasteiger partial charge in [0.15, 0.2) is 5.17 Å². The number of rotatable bonds is 5. The summed E-state index contributed by atoms with van der Waals surface area (Å²) >= 11 is 1.33. The molecule has 7 nitrogen and oxygen atoms in total. The average Bonchev–Trinajstić information content (AvgIpc) is 3.18. The Bertz CT molecular complexity index is 1380. The molecule has 2 fully saturated rings. The summed E-state index contributed by atoms with van der Waals surface area (Å²) < 4.78 is 11.1. The number of ether oxygens (including phenoxy) is 2. The predicted octanol–water partition coefficient (Wildman–Crippen LogP) is 4.94. The standard InChI is InChI=1S/C28H27N3O4S/c1-3-35-24-12-11-19(22-9-4-5-10-23(22)24)18-25-27(33)30(2)28(36-25)29-21-8-6-7-20(17-21)26(32)31-13-15-34-16-14-31/h4-12,17-18H,3,13-16H2,1-2H3/b25-18+,29-28?. The lowest BCUT2D eigenvalue weighted by molar-refractivity contribution is -0.121. The fourth-order valence-electron chi connectivity index (χ4n) is 4.26. The van der Waals surface area contributed by atoms with Gasteiger partial charge in [-0.05, 0) is 60.0 Å². The first kappa shape index (κ1) is 24.1. The molecule has 2 aliphatic heterocycles. The third kappa shape index (κ3) is 4.87. The minimum atomic E-state index is -0.114. The van der Waals surface area contributed by atoms with Gasteiger partial charge in [0.1, 0.15) is 5.75 Å². The Hall–Kier alpha value is -3.62. The Morgan fingerprint density at radius 2 is 1.86 bits per heavy atom. The van der Waals surface area contributed by atoms with Crippen molar-refractivity contribution in [3.8, 4) is 5.75 Å². The van der Waals surface area contributed by atoms with Crippen molar-refractivity contribution in [2.45, 2.75) is 6.92 Å². The molecule has 0 aliphatic carbocycles. The zero-order chi connectivity index (χ0) is 25.1. The quantitative estimate of drug-likeness (QED) is 0.463. The molecule has 0 unspecified atom stereocenters. The molecule has 2 saturated heterocycles. The van der Waals surface area contributed by atoms with Crippen LogP contribution in [0.5, 0.6) is 5.75 Å². The van der Waals surface area contributed by atoms with Crippen molar-refractivity contribution in [3.63, 3.8) is 0 Å². The maximum absolute atomic E-state index is 13.1. The second-order valence-corrected chi connectivity index (χ2v) is 9.46. The smallest absolute Gasteiger partial charge is 0.266 e. The number of amides is 2. The van der Waals surface area contributed by atoms with Gasteiger partial charge in [0.25, 0.3) is 11.8 Å². The highest BCUT2D eigenvalue weighted by atomic mass is 32.2. The number of fused-ring (bicyclic) bond motifs is 1. The lowest BCUT2D eigenvalue weighted by atomic mass is 10.0. The van der Waals surface area contributed by atoms with E-state index in [9.17, 15) is 9.59 Å². The van der Waals surface area contributed by atoms with Gasteiger partial charge in [-0.3, -0.25) is 14.5 Å². The van der Waals surface area contributed by atoms with Gasteiger partial charge in [-0.15, -0.1) is 0 Å². The molecule has 3 aromatic rings. The molecule has 36 heavy (non-hydrogen) atoms. The molecule has 2 amide bonds. The normalized spacial score (nSPS) is 18.4. The van der Waals surface area contributed by atoms with Crippen LogP contribution >= 0.6 is 11.8 Å². The molecule has 2 heterocycles. The lowest BCUT2D eigenvalue weighted by Gasteiger charge is -2.26. The molecule has 3 aromatic carbocycles. The third-order valence-corrected chi connectivity index (χ3v) is 7.18. The van der Waals surface area contributed by atoms with Gasteiger partial charge in [-0.2, -0.15) is 0 Å². The van der Waals surface area contributed by atoms with E-state index >= 15 is 0 Å². The first-order valence-corrected chi connectivity index (χ1v) is 12.7. The zero-order valence-corrected chi connectivity index (χ0v) is 21.1. The Morgan fingerprint density at radius 1 is 1.08 bits per heavy atom. The highest BCUT2D eigenvalue weighted by Crippen LogP contribution is 2.36. The second kappa shape index (κ2) is 10.6. The molecule has 2 aliphatic rings. The van der Waals surface area contributed by atoms with Gasteiger partial charge in [-0.25, -0.2) is 4.99 Å². The summed E-state index contributed by atoms with van der Waals surface area (Å²) in [7, 11) is 1.72. The average molecular weight is 502 g/mol. The van der Waals surface area contributed by atoms with E-state index < -0.39 is 0 Å². The van der Waals surface area contributed by atoms with Crippen LogP contribution in [-0.4, -0.2) is 66.7 Å². The predicted molar refractivity (Wildman–Crippen MR) is 144 cm³/mol. The fraction of sp³-hybridized carbons (Fsp3) is 0.250. The molecule has 184 valence electrons. The minimum Gasteiger partial charge on any atom is -0.493 e. The van der Waals surface area contributed by atoms with Crippen molar-refractivity contribution >= 4 is 51.3 Å². The number of benzene rings is 3. The van der Waals surface area contributed by atoms with Crippen LogP contribution < -0.4 is 4.74 Å². The van der Waals surface area contributed by atoms with Gasteiger partial charge >= 0.3 is 0 Å². The summed E-state index contributed by atoms with van der Waals surface area (Å²) in [5, 5.41) is 2.59.